The molecule has 1 aromatic rings. The minimum Gasteiger partial charge on any atom is -0.357 e. The zero-order valence-corrected chi connectivity index (χ0v) is 15.3. The molecule has 0 aliphatic rings. The average molecular weight is 347 g/mol. The van der Waals surface area contributed by atoms with Gasteiger partial charge in [-0.1, -0.05) is 19.1 Å². The molecule has 0 unspecified atom stereocenters. The molecule has 0 bridgehead atoms. The van der Waals surface area contributed by atoms with Gasteiger partial charge in [0.05, 0.1) is 0 Å². The van der Waals surface area contributed by atoms with Crippen LogP contribution in [-0.2, 0) is 11.2 Å². The van der Waals surface area contributed by atoms with Crippen LogP contribution in [0, 0.1) is 0 Å². The van der Waals surface area contributed by atoms with Crippen molar-refractivity contribution in [1.29, 1.82) is 0 Å². The van der Waals surface area contributed by atoms with Gasteiger partial charge in [0.1, 0.15) is 6.54 Å². The fourth-order valence-electron chi connectivity index (χ4n) is 2.15. The van der Waals surface area contributed by atoms with Gasteiger partial charge in [-0.25, -0.2) is 4.99 Å². The third kappa shape index (κ3) is 8.19. The van der Waals surface area contributed by atoms with Crippen molar-refractivity contribution in [2.75, 3.05) is 33.2 Å². The topological polar surface area (TPSA) is 94.6 Å². The van der Waals surface area contributed by atoms with Gasteiger partial charge in [0, 0.05) is 32.2 Å². The van der Waals surface area contributed by atoms with E-state index in [1.54, 1.807) is 13.1 Å². The Morgan fingerprint density at radius 1 is 1.08 bits per heavy atom. The highest BCUT2D eigenvalue weighted by atomic mass is 16.2. The Morgan fingerprint density at radius 3 is 2.56 bits per heavy atom. The smallest absolute Gasteiger partial charge is 0.251 e. The Morgan fingerprint density at radius 2 is 1.88 bits per heavy atom. The highest BCUT2D eigenvalue weighted by Gasteiger charge is 2.04. The second kappa shape index (κ2) is 11.9. The van der Waals surface area contributed by atoms with E-state index in [2.05, 4.69) is 26.3 Å². The van der Waals surface area contributed by atoms with Crippen LogP contribution >= 0.6 is 0 Å². The summed E-state index contributed by atoms with van der Waals surface area (Å²) >= 11 is 0. The molecule has 0 aliphatic heterocycles. The number of carbonyl (C=O) groups excluding carboxylic acids is 2. The number of guanidine groups is 1. The van der Waals surface area contributed by atoms with Gasteiger partial charge in [-0.05, 0) is 37.5 Å². The van der Waals surface area contributed by atoms with E-state index in [4.69, 9.17) is 0 Å². The molecule has 0 heterocycles. The second-order valence-corrected chi connectivity index (χ2v) is 5.50. The van der Waals surface area contributed by atoms with Crippen LogP contribution < -0.4 is 21.3 Å². The molecule has 7 nitrogen and oxygen atoms in total. The van der Waals surface area contributed by atoms with E-state index in [-0.39, 0.29) is 18.4 Å². The van der Waals surface area contributed by atoms with E-state index in [9.17, 15) is 9.59 Å². The quantitative estimate of drug-likeness (QED) is 0.390. The number of benzene rings is 1. The van der Waals surface area contributed by atoms with Gasteiger partial charge < -0.3 is 21.3 Å². The van der Waals surface area contributed by atoms with Crippen LogP contribution in [0.4, 0.5) is 0 Å². The van der Waals surface area contributed by atoms with Crippen LogP contribution in [0.3, 0.4) is 0 Å². The third-order valence-corrected chi connectivity index (χ3v) is 3.42. The first-order valence-electron chi connectivity index (χ1n) is 8.70. The zero-order valence-electron chi connectivity index (χ0n) is 15.3. The van der Waals surface area contributed by atoms with Crippen molar-refractivity contribution in [2.24, 2.45) is 4.99 Å². The first kappa shape index (κ1) is 20.5. The van der Waals surface area contributed by atoms with Gasteiger partial charge in [-0.3, -0.25) is 9.59 Å². The van der Waals surface area contributed by atoms with Crippen LogP contribution in [-0.4, -0.2) is 51.0 Å². The summed E-state index contributed by atoms with van der Waals surface area (Å²) in [5, 5.41) is 11.7. The minimum absolute atomic E-state index is 0.0858. The molecule has 0 radical (unpaired) electrons. The molecular formula is C18H29N5O2. The maximum atomic E-state index is 11.7. The molecule has 0 aromatic heterocycles. The van der Waals surface area contributed by atoms with Crippen LogP contribution in [0.5, 0.6) is 0 Å². The summed E-state index contributed by atoms with van der Waals surface area (Å²) in [6.45, 7) is 6.12. The molecule has 0 saturated carbocycles. The fourth-order valence-corrected chi connectivity index (χ4v) is 2.15. The van der Waals surface area contributed by atoms with Crippen molar-refractivity contribution in [1.82, 2.24) is 21.3 Å². The van der Waals surface area contributed by atoms with Crippen molar-refractivity contribution in [3.8, 4) is 0 Å². The molecule has 138 valence electrons. The second-order valence-electron chi connectivity index (χ2n) is 5.50. The highest BCUT2D eigenvalue weighted by molar-refractivity contribution is 5.94. The molecule has 0 aliphatic carbocycles. The standard InChI is InChI=1S/C18H29N5O2/c1-4-10-21-16(24)13-23-18(20-5-2)22-11-9-14-7-6-8-15(12-14)17(25)19-3/h6-8,12H,4-5,9-11,13H2,1-3H3,(H,19,25)(H,21,24)(H2,20,22,23). The lowest BCUT2D eigenvalue weighted by Crippen LogP contribution is -2.39. The zero-order chi connectivity index (χ0) is 18.5. The molecule has 4 N–H and O–H groups in total. The Balaban J connectivity index is 2.52. The molecule has 7 heteroatoms. The summed E-state index contributed by atoms with van der Waals surface area (Å²) in [6.07, 6.45) is 1.65. The Labute approximate surface area is 149 Å². The lowest BCUT2D eigenvalue weighted by Gasteiger charge is -2.11. The maximum Gasteiger partial charge on any atom is 0.251 e. The third-order valence-electron chi connectivity index (χ3n) is 3.42. The number of nitrogens with zero attached hydrogens (tertiary/aromatic N) is 1. The minimum atomic E-state index is -0.0946. The molecule has 0 saturated heterocycles. The Kier molecular flexibility index (Phi) is 9.74. The highest BCUT2D eigenvalue weighted by Crippen LogP contribution is 2.05. The van der Waals surface area contributed by atoms with Crippen LogP contribution in [0.1, 0.15) is 36.2 Å². The summed E-state index contributed by atoms with van der Waals surface area (Å²) in [6, 6.07) is 7.52. The Bertz CT molecular complexity index is 587. The van der Waals surface area contributed by atoms with Crippen LogP contribution in [0.15, 0.2) is 29.3 Å². The normalized spacial score (nSPS) is 10.9. The molecular weight excluding hydrogens is 318 g/mol. The Hall–Kier alpha value is -2.57. The average Bonchev–Trinajstić information content (AvgIpc) is 2.63. The van der Waals surface area contributed by atoms with Gasteiger partial charge in [0.15, 0.2) is 5.96 Å². The molecule has 25 heavy (non-hydrogen) atoms. The van der Waals surface area contributed by atoms with E-state index < -0.39 is 0 Å². The number of amides is 2. The summed E-state index contributed by atoms with van der Waals surface area (Å²) in [5.74, 6) is 0.428. The molecule has 0 fully saturated rings. The molecule has 1 aromatic carbocycles. The monoisotopic (exact) mass is 347 g/mol. The number of hydrogen-bond donors (Lipinski definition) is 4. The van der Waals surface area contributed by atoms with Crippen molar-refractivity contribution in [3.05, 3.63) is 35.4 Å². The van der Waals surface area contributed by atoms with Gasteiger partial charge in [0.2, 0.25) is 5.91 Å². The lowest BCUT2D eigenvalue weighted by atomic mass is 10.1. The van der Waals surface area contributed by atoms with Gasteiger partial charge >= 0.3 is 0 Å². The first-order chi connectivity index (χ1) is 12.1. The van der Waals surface area contributed by atoms with E-state index in [1.807, 2.05) is 32.0 Å². The van der Waals surface area contributed by atoms with Crippen molar-refractivity contribution in [3.63, 3.8) is 0 Å². The van der Waals surface area contributed by atoms with E-state index >= 15 is 0 Å². The molecule has 0 atom stereocenters. The SMILES string of the molecule is CCCNC(=O)CN=C(NCC)NCCc1cccc(C(=O)NC)c1. The first-order valence-corrected chi connectivity index (χ1v) is 8.70. The number of nitrogens with one attached hydrogen (secondary N) is 4. The summed E-state index contributed by atoms with van der Waals surface area (Å²) < 4.78 is 0. The molecule has 1 rings (SSSR count). The summed E-state index contributed by atoms with van der Waals surface area (Å²) in [4.78, 5) is 27.6. The lowest BCUT2D eigenvalue weighted by molar-refractivity contribution is -0.119. The predicted molar refractivity (Wildman–Crippen MR) is 101 cm³/mol. The summed E-state index contributed by atoms with van der Waals surface area (Å²) in [7, 11) is 1.62. The van der Waals surface area contributed by atoms with Gasteiger partial charge in [-0.2, -0.15) is 0 Å². The predicted octanol–water partition coefficient (Wildman–Crippen LogP) is 0.670. The molecule has 0 spiro atoms. The van der Waals surface area contributed by atoms with Gasteiger partial charge in [0.25, 0.3) is 5.91 Å². The molecule has 2 amide bonds. The maximum absolute atomic E-state index is 11.7. The fraction of sp³-hybridized carbons (Fsp3) is 0.500. The number of hydrogen-bond acceptors (Lipinski definition) is 3. The van der Waals surface area contributed by atoms with E-state index in [0.29, 0.717) is 31.2 Å². The van der Waals surface area contributed by atoms with Crippen LogP contribution in [0.25, 0.3) is 0 Å². The number of aliphatic imine (C=N–C) groups is 1. The summed E-state index contributed by atoms with van der Waals surface area (Å²) in [5.41, 5.74) is 1.71. The van der Waals surface area contributed by atoms with Crippen molar-refractivity contribution in [2.45, 2.75) is 26.7 Å². The largest absolute Gasteiger partial charge is 0.357 e. The van der Waals surface area contributed by atoms with E-state index in [1.165, 1.54) is 0 Å². The number of rotatable bonds is 9. The van der Waals surface area contributed by atoms with Crippen LogP contribution in [0.2, 0.25) is 0 Å². The number of carbonyl (C=O) groups is 2. The van der Waals surface area contributed by atoms with Crippen molar-refractivity contribution < 1.29 is 9.59 Å². The van der Waals surface area contributed by atoms with Gasteiger partial charge in [-0.15, -0.1) is 0 Å². The van der Waals surface area contributed by atoms with Crippen molar-refractivity contribution >= 4 is 17.8 Å². The van der Waals surface area contributed by atoms with E-state index in [0.717, 1.165) is 18.4 Å².